The second-order valence-corrected chi connectivity index (χ2v) is 5.30. The van der Waals surface area contributed by atoms with Crippen LogP contribution in [0.25, 0.3) is 11.1 Å². The van der Waals surface area contributed by atoms with Gasteiger partial charge in [0.15, 0.2) is 0 Å². The summed E-state index contributed by atoms with van der Waals surface area (Å²) in [5, 5.41) is 19.0. The van der Waals surface area contributed by atoms with Gasteiger partial charge in [0, 0.05) is 6.07 Å². The van der Waals surface area contributed by atoms with E-state index in [2.05, 4.69) is 0 Å². The molecule has 0 saturated heterocycles. The SMILES string of the molecule is O=C(O)C(Cl)CCc1ccccc1-c1ccccc1[N+](=O)[O-]. The molecule has 2 aromatic carbocycles. The Morgan fingerprint density at radius 3 is 2.36 bits per heavy atom. The number of hydrogen-bond donors (Lipinski definition) is 1. The van der Waals surface area contributed by atoms with E-state index in [-0.39, 0.29) is 12.1 Å². The fraction of sp³-hybridized carbons (Fsp3) is 0.188. The molecule has 2 rings (SSSR count). The van der Waals surface area contributed by atoms with Crippen molar-refractivity contribution in [2.24, 2.45) is 0 Å². The number of nitro benzene ring substituents is 1. The standard InChI is InChI=1S/C16H14ClNO4/c17-14(16(19)20)10-9-11-5-1-2-6-12(11)13-7-3-4-8-15(13)18(21)22/h1-8,14H,9-10H2,(H,19,20). The van der Waals surface area contributed by atoms with Crippen molar-refractivity contribution >= 4 is 23.3 Å². The molecule has 6 heteroatoms. The summed E-state index contributed by atoms with van der Waals surface area (Å²) in [6.07, 6.45) is 0.692. The maximum absolute atomic E-state index is 11.2. The smallest absolute Gasteiger partial charge is 0.321 e. The number of halogens is 1. The summed E-state index contributed by atoms with van der Waals surface area (Å²) < 4.78 is 0. The molecule has 0 aliphatic carbocycles. The highest BCUT2D eigenvalue weighted by molar-refractivity contribution is 6.29. The van der Waals surface area contributed by atoms with E-state index in [1.807, 2.05) is 12.1 Å². The summed E-state index contributed by atoms with van der Waals surface area (Å²) in [7, 11) is 0. The van der Waals surface area contributed by atoms with Crippen LogP contribution in [-0.4, -0.2) is 21.4 Å². The van der Waals surface area contributed by atoms with Gasteiger partial charge in [0.2, 0.25) is 0 Å². The lowest BCUT2D eigenvalue weighted by Crippen LogP contribution is -2.14. The minimum atomic E-state index is -1.06. The van der Waals surface area contributed by atoms with Crippen molar-refractivity contribution in [3.8, 4) is 11.1 Å². The van der Waals surface area contributed by atoms with E-state index in [0.717, 1.165) is 11.1 Å². The molecule has 0 fully saturated rings. The van der Waals surface area contributed by atoms with Gasteiger partial charge in [-0.05, 0) is 30.0 Å². The van der Waals surface area contributed by atoms with Crippen molar-refractivity contribution in [1.29, 1.82) is 0 Å². The lowest BCUT2D eigenvalue weighted by atomic mass is 9.95. The van der Waals surface area contributed by atoms with Gasteiger partial charge in [-0.1, -0.05) is 36.4 Å². The largest absolute Gasteiger partial charge is 0.480 e. The third-order valence-corrected chi connectivity index (χ3v) is 3.75. The number of nitro groups is 1. The topological polar surface area (TPSA) is 80.4 Å². The van der Waals surface area contributed by atoms with Gasteiger partial charge >= 0.3 is 5.97 Å². The molecule has 0 bridgehead atoms. The zero-order valence-electron chi connectivity index (χ0n) is 11.6. The number of aryl methyl sites for hydroxylation is 1. The van der Waals surface area contributed by atoms with Crippen molar-refractivity contribution in [3.63, 3.8) is 0 Å². The first kappa shape index (κ1) is 16.0. The van der Waals surface area contributed by atoms with Gasteiger partial charge in [0.1, 0.15) is 5.38 Å². The average molecular weight is 320 g/mol. The van der Waals surface area contributed by atoms with Crippen LogP contribution in [0.2, 0.25) is 0 Å². The van der Waals surface area contributed by atoms with Crippen LogP contribution in [0, 0.1) is 10.1 Å². The summed E-state index contributed by atoms with van der Waals surface area (Å²) >= 11 is 5.74. The summed E-state index contributed by atoms with van der Waals surface area (Å²) in [6.45, 7) is 0. The summed E-state index contributed by atoms with van der Waals surface area (Å²) in [5.41, 5.74) is 2.10. The molecule has 0 aromatic heterocycles. The molecule has 1 N–H and O–H groups in total. The Bertz CT molecular complexity index is 702. The molecule has 2 aromatic rings. The van der Waals surface area contributed by atoms with Crippen LogP contribution in [0.5, 0.6) is 0 Å². The highest BCUT2D eigenvalue weighted by atomic mass is 35.5. The molecule has 1 unspecified atom stereocenters. The zero-order valence-corrected chi connectivity index (χ0v) is 12.4. The number of carbonyl (C=O) groups is 1. The van der Waals surface area contributed by atoms with E-state index in [0.29, 0.717) is 12.0 Å². The molecule has 0 aliphatic rings. The van der Waals surface area contributed by atoms with Crippen LogP contribution in [0.1, 0.15) is 12.0 Å². The predicted molar refractivity (Wildman–Crippen MR) is 84.1 cm³/mol. The Balaban J connectivity index is 2.37. The van der Waals surface area contributed by atoms with Gasteiger partial charge in [-0.2, -0.15) is 0 Å². The minimum Gasteiger partial charge on any atom is -0.480 e. The maximum atomic E-state index is 11.2. The van der Waals surface area contributed by atoms with Crippen LogP contribution in [0.15, 0.2) is 48.5 Å². The quantitative estimate of drug-likeness (QED) is 0.497. The predicted octanol–water partition coefficient (Wildman–Crippen LogP) is 3.89. The molecule has 114 valence electrons. The summed E-state index contributed by atoms with van der Waals surface area (Å²) in [4.78, 5) is 21.5. The fourth-order valence-corrected chi connectivity index (χ4v) is 2.38. The first-order chi connectivity index (χ1) is 10.5. The van der Waals surface area contributed by atoms with Crippen molar-refractivity contribution < 1.29 is 14.8 Å². The lowest BCUT2D eigenvalue weighted by Gasteiger charge is -2.11. The zero-order chi connectivity index (χ0) is 16.1. The maximum Gasteiger partial charge on any atom is 0.321 e. The Morgan fingerprint density at radius 1 is 1.14 bits per heavy atom. The number of rotatable bonds is 6. The van der Waals surface area contributed by atoms with E-state index in [9.17, 15) is 14.9 Å². The van der Waals surface area contributed by atoms with Crippen LogP contribution in [0.3, 0.4) is 0 Å². The summed E-state index contributed by atoms with van der Waals surface area (Å²) in [6, 6.07) is 13.7. The Hall–Kier alpha value is -2.40. The molecule has 22 heavy (non-hydrogen) atoms. The molecule has 0 saturated carbocycles. The second-order valence-electron chi connectivity index (χ2n) is 4.78. The molecule has 0 amide bonds. The van der Waals surface area contributed by atoms with Crippen molar-refractivity contribution in [2.45, 2.75) is 18.2 Å². The average Bonchev–Trinajstić information content (AvgIpc) is 2.52. The number of benzene rings is 2. The van der Waals surface area contributed by atoms with Crippen LogP contribution in [0.4, 0.5) is 5.69 Å². The number of carboxylic acid groups (broad SMARTS) is 1. The molecule has 0 spiro atoms. The Kier molecular flexibility index (Phi) is 5.12. The molecular formula is C16H14ClNO4. The third-order valence-electron chi connectivity index (χ3n) is 3.34. The molecule has 1 atom stereocenters. The lowest BCUT2D eigenvalue weighted by molar-refractivity contribution is -0.384. The van der Waals surface area contributed by atoms with E-state index >= 15 is 0 Å². The van der Waals surface area contributed by atoms with Gasteiger partial charge in [0.25, 0.3) is 5.69 Å². The molecule has 0 aliphatic heterocycles. The van der Waals surface area contributed by atoms with Crippen LogP contribution in [-0.2, 0) is 11.2 Å². The normalized spacial score (nSPS) is 11.9. The number of carboxylic acids is 1. The Morgan fingerprint density at radius 2 is 1.73 bits per heavy atom. The van der Waals surface area contributed by atoms with Crippen molar-refractivity contribution in [3.05, 3.63) is 64.2 Å². The van der Waals surface area contributed by atoms with Crippen molar-refractivity contribution in [2.75, 3.05) is 0 Å². The molecule has 5 nitrogen and oxygen atoms in total. The van der Waals surface area contributed by atoms with E-state index in [1.165, 1.54) is 6.07 Å². The first-order valence-corrected chi connectivity index (χ1v) is 7.13. The minimum absolute atomic E-state index is 0.0237. The highest BCUT2D eigenvalue weighted by Gasteiger charge is 2.18. The van der Waals surface area contributed by atoms with E-state index in [4.69, 9.17) is 16.7 Å². The number of alkyl halides is 1. The highest BCUT2D eigenvalue weighted by Crippen LogP contribution is 2.32. The van der Waals surface area contributed by atoms with Crippen LogP contribution < -0.4 is 0 Å². The molecule has 0 radical (unpaired) electrons. The van der Waals surface area contributed by atoms with Gasteiger partial charge < -0.3 is 5.11 Å². The van der Waals surface area contributed by atoms with E-state index < -0.39 is 16.3 Å². The number of nitrogens with zero attached hydrogens (tertiary/aromatic N) is 1. The summed E-state index contributed by atoms with van der Waals surface area (Å²) in [5.74, 6) is -1.06. The molecular weight excluding hydrogens is 306 g/mol. The fourth-order valence-electron chi connectivity index (χ4n) is 2.27. The van der Waals surface area contributed by atoms with Gasteiger partial charge in [-0.15, -0.1) is 11.6 Å². The molecule has 0 heterocycles. The number of hydrogen-bond acceptors (Lipinski definition) is 3. The Labute approximate surface area is 132 Å². The van der Waals surface area contributed by atoms with Gasteiger partial charge in [-0.25, -0.2) is 0 Å². The number of aliphatic carboxylic acids is 1. The van der Waals surface area contributed by atoms with E-state index in [1.54, 1.807) is 30.3 Å². The number of para-hydroxylation sites is 1. The van der Waals surface area contributed by atoms with Gasteiger partial charge in [-0.3, -0.25) is 14.9 Å². The second kappa shape index (κ2) is 7.04. The van der Waals surface area contributed by atoms with Gasteiger partial charge in [0.05, 0.1) is 10.5 Å². The first-order valence-electron chi connectivity index (χ1n) is 6.69. The third kappa shape index (κ3) is 3.62. The van der Waals surface area contributed by atoms with Crippen LogP contribution >= 0.6 is 11.6 Å². The van der Waals surface area contributed by atoms with Crippen molar-refractivity contribution in [1.82, 2.24) is 0 Å². The monoisotopic (exact) mass is 319 g/mol.